The minimum absolute atomic E-state index is 0.330. The molecule has 2 aromatic carbocycles. The van der Waals surface area contributed by atoms with Crippen molar-refractivity contribution in [2.75, 3.05) is 6.26 Å². The monoisotopic (exact) mass is 447 g/mol. The highest BCUT2D eigenvalue weighted by Crippen LogP contribution is 2.43. The molecule has 0 unspecified atom stereocenters. The number of fused-ring (bicyclic) bond motifs is 3. The largest absolute Gasteiger partial charge is 0.237 e. The molecular weight excluding hydrogens is 422 g/mol. The highest BCUT2D eigenvalue weighted by atomic mass is 32.2. The minimum Gasteiger partial charge on any atom is -0.237 e. The van der Waals surface area contributed by atoms with Crippen LogP contribution in [0, 0.1) is 12.8 Å². The van der Waals surface area contributed by atoms with Crippen LogP contribution in [-0.2, 0) is 22.7 Å². The molecule has 31 heavy (non-hydrogen) atoms. The number of pyridine rings is 1. The molecule has 0 spiro atoms. The van der Waals surface area contributed by atoms with Crippen molar-refractivity contribution >= 4 is 31.4 Å². The lowest BCUT2D eigenvalue weighted by atomic mass is 9.87. The summed E-state index contributed by atoms with van der Waals surface area (Å²) in [6, 6.07) is 17.9. The maximum absolute atomic E-state index is 11.9. The fraction of sp³-hybridized carbons (Fsp3) is 0.269. The summed E-state index contributed by atoms with van der Waals surface area (Å²) in [6.45, 7) is 4.45. The number of hydrogen-bond acceptors (Lipinski definition) is 4. The predicted octanol–water partition coefficient (Wildman–Crippen LogP) is 6.47. The number of nitrogens with zero attached hydrogens (tertiary/aromatic N) is 1. The van der Waals surface area contributed by atoms with Crippen LogP contribution in [0.1, 0.15) is 29.3 Å². The molecule has 2 aromatic heterocycles. The van der Waals surface area contributed by atoms with Crippen molar-refractivity contribution in [3.63, 3.8) is 0 Å². The van der Waals surface area contributed by atoms with Gasteiger partial charge in [0, 0.05) is 22.1 Å². The lowest BCUT2D eigenvalue weighted by Crippen LogP contribution is -2.08. The van der Waals surface area contributed by atoms with Gasteiger partial charge >= 0.3 is 0 Å². The summed E-state index contributed by atoms with van der Waals surface area (Å²) in [4.78, 5) is 7.93. The quantitative estimate of drug-likeness (QED) is 0.362. The molecule has 1 aliphatic carbocycles. The Morgan fingerprint density at radius 2 is 1.81 bits per heavy atom. The van der Waals surface area contributed by atoms with E-state index in [9.17, 15) is 8.42 Å². The van der Waals surface area contributed by atoms with E-state index < -0.39 is 9.84 Å². The summed E-state index contributed by atoms with van der Waals surface area (Å²) in [5, 5.41) is 1.30. The number of benzene rings is 2. The van der Waals surface area contributed by atoms with E-state index in [0.29, 0.717) is 10.8 Å². The van der Waals surface area contributed by atoms with Gasteiger partial charge in [0.05, 0.1) is 10.6 Å². The lowest BCUT2D eigenvalue weighted by molar-refractivity contribution is 0.509. The van der Waals surface area contributed by atoms with Gasteiger partial charge in [0.25, 0.3) is 0 Å². The third kappa shape index (κ3) is 3.81. The van der Waals surface area contributed by atoms with Crippen molar-refractivity contribution in [3.05, 3.63) is 70.6 Å². The summed E-state index contributed by atoms with van der Waals surface area (Å²) in [5.74, 6) is 0.714. The maximum Gasteiger partial charge on any atom is 0.175 e. The number of hydrogen-bond donors (Lipinski definition) is 0. The molecule has 1 aliphatic rings. The first-order valence-electron chi connectivity index (χ1n) is 10.6. The van der Waals surface area contributed by atoms with Crippen LogP contribution >= 0.6 is 11.3 Å². The van der Waals surface area contributed by atoms with Crippen LogP contribution in [0.4, 0.5) is 0 Å². The summed E-state index contributed by atoms with van der Waals surface area (Å²) in [6.07, 6.45) is 4.70. The van der Waals surface area contributed by atoms with E-state index in [1.807, 2.05) is 23.5 Å². The van der Waals surface area contributed by atoms with Gasteiger partial charge in [-0.05, 0) is 67.0 Å². The molecule has 2 heterocycles. The van der Waals surface area contributed by atoms with E-state index in [1.165, 1.54) is 45.2 Å². The molecule has 0 fully saturated rings. The molecule has 4 aromatic rings. The molecule has 158 valence electrons. The standard InChI is InChI=1S/C26H25NO2S2/c1-16-5-4-6-19(13-16)22-15-23(18-8-10-20(11-9-18)31(3,28)29)27-26-25(22)21-12-7-17(2)14-24(21)30-26/h4-6,8-11,13,15,17H,7,12,14H2,1-3H3/t17-/m1/s1. The average molecular weight is 448 g/mol. The first-order chi connectivity index (χ1) is 14.8. The van der Waals surface area contributed by atoms with Crippen LogP contribution in [0.15, 0.2) is 59.5 Å². The van der Waals surface area contributed by atoms with Gasteiger partial charge in [-0.15, -0.1) is 11.3 Å². The number of aryl methyl sites for hydroxylation is 2. The van der Waals surface area contributed by atoms with Gasteiger partial charge in [-0.3, -0.25) is 0 Å². The van der Waals surface area contributed by atoms with E-state index in [2.05, 4.69) is 44.2 Å². The highest BCUT2D eigenvalue weighted by Gasteiger charge is 2.24. The first-order valence-corrected chi connectivity index (χ1v) is 13.3. The van der Waals surface area contributed by atoms with Crippen LogP contribution in [0.5, 0.6) is 0 Å². The second kappa shape index (κ2) is 7.57. The molecule has 3 nitrogen and oxygen atoms in total. The molecule has 0 bridgehead atoms. The molecule has 5 heteroatoms. The molecule has 0 N–H and O–H groups in total. The second-order valence-corrected chi connectivity index (χ2v) is 11.9. The molecule has 0 radical (unpaired) electrons. The predicted molar refractivity (Wildman–Crippen MR) is 130 cm³/mol. The lowest BCUT2D eigenvalue weighted by Gasteiger charge is -2.18. The average Bonchev–Trinajstić information content (AvgIpc) is 3.10. The van der Waals surface area contributed by atoms with Crippen LogP contribution in [0.2, 0.25) is 0 Å². The fourth-order valence-corrected chi connectivity index (χ4v) is 6.54. The van der Waals surface area contributed by atoms with E-state index in [1.54, 1.807) is 12.1 Å². The van der Waals surface area contributed by atoms with E-state index in [4.69, 9.17) is 4.98 Å². The fourth-order valence-electron chi connectivity index (χ4n) is 4.50. The second-order valence-electron chi connectivity index (χ2n) is 8.75. The molecule has 0 aliphatic heterocycles. The SMILES string of the molecule is Cc1cccc(-c2cc(-c3ccc(S(C)(=O)=O)cc3)nc3sc4c(c23)CC[C@@H](C)C4)c1. The molecule has 0 saturated heterocycles. The first kappa shape index (κ1) is 20.4. The van der Waals surface area contributed by atoms with Crippen molar-refractivity contribution < 1.29 is 8.42 Å². The number of rotatable bonds is 3. The third-order valence-corrected chi connectivity index (χ3v) is 8.45. The van der Waals surface area contributed by atoms with Crippen molar-refractivity contribution in [1.29, 1.82) is 0 Å². The van der Waals surface area contributed by atoms with Crippen LogP contribution in [-0.4, -0.2) is 19.7 Å². The van der Waals surface area contributed by atoms with Crippen molar-refractivity contribution in [2.45, 2.75) is 38.0 Å². The van der Waals surface area contributed by atoms with E-state index in [0.717, 1.165) is 28.9 Å². The molecule has 5 rings (SSSR count). The van der Waals surface area contributed by atoms with Gasteiger partial charge in [0.1, 0.15) is 4.83 Å². The Morgan fingerprint density at radius 3 is 2.52 bits per heavy atom. The Balaban J connectivity index is 1.74. The van der Waals surface area contributed by atoms with Gasteiger partial charge in [-0.25, -0.2) is 13.4 Å². The van der Waals surface area contributed by atoms with Crippen LogP contribution in [0.3, 0.4) is 0 Å². The zero-order chi connectivity index (χ0) is 21.8. The molecule has 1 atom stereocenters. The topological polar surface area (TPSA) is 47.0 Å². The maximum atomic E-state index is 11.9. The van der Waals surface area contributed by atoms with Gasteiger partial charge in [0.2, 0.25) is 0 Å². The van der Waals surface area contributed by atoms with E-state index >= 15 is 0 Å². The number of aromatic nitrogens is 1. The van der Waals surface area contributed by atoms with Crippen LogP contribution < -0.4 is 0 Å². The third-order valence-electron chi connectivity index (χ3n) is 6.17. The van der Waals surface area contributed by atoms with Crippen molar-refractivity contribution in [3.8, 4) is 22.4 Å². The number of sulfone groups is 1. The Hall–Kier alpha value is -2.50. The minimum atomic E-state index is -3.22. The number of thiophene rings is 1. The Labute approximate surface area is 187 Å². The van der Waals surface area contributed by atoms with Crippen molar-refractivity contribution in [2.24, 2.45) is 5.92 Å². The summed E-state index contributed by atoms with van der Waals surface area (Å²) < 4.78 is 23.7. The van der Waals surface area contributed by atoms with Gasteiger partial charge < -0.3 is 0 Å². The van der Waals surface area contributed by atoms with Crippen molar-refractivity contribution in [1.82, 2.24) is 4.98 Å². The summed E-state index contributed by atoms with van der Waals surface area (Å²) in [7, 11) is -3.22. The summed E-state index contributed by atoms with van der Waals surface area (Å²) in [5.41, 5.74) is 6.96. The normalized spacial score (nSPS) is 16.4. The Kier molecular flexibility index (Phi) is 4.98. The van der Waals surface area contributed by atoms with Crippen LogP contribution in [0.25, 0.3) is 32.6 Å². The Bertz CT molecular complexity index is 1400. The Morgan fingerprint density at radius 1 is 1.03 bits per heavy atom. The van der Waals surface area contributed by atoms with Gasteiger partial charge in [0.15, 0.2) is 9.84 Å². The van der Waals surface area contributed by atoms with Gasteiger partial charge in [-0.1, -0.05) is 48.9 Å². The van der Waals surface area contributed by atoms with E-state index in [-0.39, 0.29) is 0 Å². The molecular formula is C26H25NO2S2. The zero-order valence-electron chi connectivity index (χ0n) is 18.0. The highest BCUT2D eigenvalue weighted by molar-refractivity contribution is 7.90. The summed E-state index contributed by atoms with van der Waals surface area (Å²) >= 11 is 1.83. The van der Waals surface area contributed by atoms with Gasteiger partial charge in [-0.2, -0.15) is 0 Å². The molecule has 0 saturated carbocycles. The zero-order valence-corrected chi connectivity index (χ0v) is 19.6. The molecule has 0 amide bonds. The smallest absolute Gasteiger partial charge is 0.175 e.